The molecule has 6 nitrogen and oxygen atoms in total. The number of carboxylic acids is 1. The van der Waals surface area contributed by atoms with E-state index in [1.54, 1.807) is 60.0 Å². The van der Waals surface area contributed by atoms with Crippen LogP contribution in [0.5, 0.6) is 5.75 Å². The number of rotatable bonds is 8. The number of carbonyl (C=O) groups is 2. The molecule has 0 fully saturated rings. The zero-order valence-electron chi connectivity index (χ0n) is 23.8. The number of aliphatic imine (C=N–C) groups is 1. The Morgan fingerprint density at radius 1 is 1.10 bits per heavy atom. The Morgan fingerprint density at radius 3 is 2.52 bits per heavy atom. The highest BCUT2D eigenvalue weighted by atomic mass is 35.5. The summed E-state index contributed by atoms with van der Waals surface area (Å²) in [5.41, 5.74) is 4.52. The van der Waals surface area contributed by atoms with Gasteiger partial charge in [0.2, 0.25) is 0 Å². The quantitative estimate of drug-likeness (QED) is 0.198. The summed E-state index contributed by atoms with van der Waals surface area (Å²) in [6.45, 7) is 7.11. The monoisotopic (exact) mass is 600 g/mol. The normalized spacial score (nSPS) is 14.9. The van der Waals surface area contributed by atoms with Crippen molar-refractivity contribution in [2.75, 3.05) is 5.32 Å². The maximum absolute atomic E-state index is 13.6. The lowest BCUT2D eigenvalue weighted by Gasteiger charge is -2.33. The van der Waals surface area contributed by atoms with Gasteiger partial charge in [0, 0.05) is 21.8 Å². The summed E-state index contributed by atoms with van der Waals surface area (Å²) in [7, 11) is 0. The van der Waals surface area contributed by atoms with Crippen molar-refractivity contribution in [1.29, 1.82) is 0 Å². The van der Waals surface area contributed by atoms with Crippen molar-refractivity contribution in [2.45, 2.75) is 46.6 Å². The minimum absolute atomic E-state index is 0.160. The molecule has 0 saturated heterocycles. The number of hydrogen-bond donors (Lipinski definition) is 2. The molecule has 1 amide bonds. The smallest absolute Gasteiger partial charge is 0.335 e. The maximum Gasteiger partial charge on any atom is 0.335 e. The van der Waals surface area contributed by atoms with E-state index in [0.717, 1.165) is 36.0 Å². The number of fused-ring (bicyclic) bond motifs is 1. The van der Waals surface area contributed by atoms with Gasteiger partial charge in [-0.3, -0.25) is 4.79 Å². The molecule has 216 valence electrons. The summed E-state index contributed by atoms with van der Waals surface area (Å²) < 4.78 is 5.86. The highest BCUT2D eigenvalue weighted by molar-refractivity contribution is 7.16. The predicted octanol–water partition coefficient (Wildman–Crippen LogP) is 8.83. The van der Waals surface area contributed by atoms with Gasteiger partial charge < -0.3 is 15.2 Å². The first-order valence-corrected chi connectivity index (χ1v) is 15.1. The number of hydrogen-bond acceptors (Lipinski definition) is 5. The van der Waals surface area contributed by atoms with E-state index >= 15 is 0 Å². The van der Waals surface area contributed by atoms with Crippen LogP contribution in [0, 0.1) is 11.3 Å². The fourth-order valence-corrected chi connectivity index (χ4v) is 6.50. The van der Waals surface area contributed by atoms with Gasteiger partial charge in [0.05, 0.1) is 11.1 Å². The Kier molecular flexibility index (Phi) is 8.80. The average Bonchev–Trinajstić information content (AvgIpc) is 3.34. The van der Waals surface area contributed by atoms with Crippen molar-refractivity contribution in [3.63, 3.8) is 0 Å². The highest BCUT2D eigenvalue weighted by Gasteiger charge is 2.33. The number of aromatic carboxylic acids is 1. The van der Waals surface area contributed by atoms with Crippen molar-refractivity contribution >= 4 is 51.7 Å². The van der Waals surface area contributed by atoms with E-state index in [1.807, 2.05) is 30.3 Å². The van der Waals surface area contributed by atoms with Crippen LogP contribution in [0.2, 0.25) is 5.02 Å². The van der Waals surface area contributed by atoms with Crippen LogP contribution >= 0.6 is 22.9 Å². The number of carbonyl (C=O) groups excluding carboxylic acids is 1. The number of amides is 1. The molecule has 8 heteroatoms. The fraction of sp³-hybridized carbons (Fsp3) is 0.265. The first-order chi connectivity index (χ1) is 20.1. The molecule has 0 radical (unpaired) electrons. The van der Waals surface area contributed by atoms with Gasteiger partial charge in [-0.15, -0.1) is 11.3 Å². The molecule has 1 atom stereocenters. The Morgan fingerprint density at radius 2 is 1.83 bits per heavy atom. The lowest BCUT2D eigenvalue weighted by Crippen LogP contribution is -2.27. The van der Waals surface area contributed by atoms with Gasteiger partial charge in [0.15, 0.2) is 0 Å². The number of ether oxygens (including phenoxy) is 1. The van der Waals surface area contributed by atoms with Crippen molar-refractivity contribution in [3.05, 3.63) is 111 Å². The second-order valence-electron chi connectivity index (χ2n) is 11.6. The summed E-state index contributed by atoms with van der Waals surface area (Å²) in [5.74, 6) is 0.0844. The number of nitrogens with one attached hydrogen (secondary N) is 1. The second kappa shape index (κ2) is 12.5. The molecule has 5 rings (SSSR count). The third-order valence-corrected chi connectivity index (χ3v) is 9.01. The van der Waals surface area contributed by atoms with Crippen LogP contribution in [0.3, 0.4) is 0 Å². The van der Waals surface area contributed by atoms with E-state index in [9.17, 15) is 14.7 Å². The van der Waals surface area contributed by atoms with Gasteiger partial charge in [0.1, 0.15) is 17.4 Å². The lowest BCUT2D eigenvalue weighted by atomic mass is 9.72. The molecule has 0 unspecified atom stereocenters. The van der Waals surface area contributed by atoms with Crippen LogP contribution in [0.25, 0.3) is 0 Å². The number of anilines is 1. The summed E-state index contributed by atoms with van der Waals surface area (Å²) in [4.78, 5) is 30.8. The van der Waals surface area contributed by atoms with E-state index in [1.165, 1.54) is 4.88 Å². The molecule has 0 bridgehead atoms. The Hall–Kier alpha value is -3.94. The number of nitrogens with zero attached hydrogens (tertiary/aromatic N) is 1. The predicted molar refractivity (Wildman–Crippen MR) is 170 cm³/mol. The van der Waals surface area contributed by atoms with Crippen molar-refractivity contribution in [3.8, 4) is 5.75 Å². The molecular weight excluding hydrogens is 568 g/mol. The first kappa shape index (κ1) is 29.5. The summed E-state index contributed by atoms with van der Waals surface area (Å²) in [6, 6.07) is 21.3. The third kappa shape index (κ3) is 7.09. The number of thiophene rings is 1. The molecule has 4 aromatic rings. The number of benzene rings is 3. The van der Waals surface area contributed by atoms with Gasteiger partial charge >= 0.3 is 5.97 Å². The number of halogens is 1. The molecule has 1 aliphatic carbocycles. The zero-order chi connectivity index (χ0) is 29.9. The van der Waals surface area contributed by atoms with Crippen LogP contribution in [0.15, 0.2) is 77.8 Å². The van der Waals surface area contributed by atoms with Gasteiger partial charge in [-0.05, 0) is 108 Å². The van der Waals surface area contributed by atoms with Gasteiger partial charge in [-0.25, -0.2) is 9.79 Å². The van der Waals surface area contributed by atoms with Gasteiger partial charge in [0.25, 0.3) is 5.91 Å². The Bertz CT molecular complexity index is 1620. The maximum atomic E-state index is 13.6. The van der Waals surface area contributed by atoms with E-state index in [0.29, 0.717) is 32.9 Å². The topological polar surface area (TPSA) is 88.0 Å². The molecule has 0 aliphatic heterocycles. The largest absolute Gasteiger partial charge is 0.489 e. The summed E-state index contributed by atoms with van der Waals surface area (Å²) >= 11 is 7.64. The molecule has 2 N–H and O–H groups in total. The van der Waals surface area contributed by atoms with E-state index in [-0.39, 0.29) is 23.5 Å². The minimum Gasteiger partial charge on any atom is -0.489 e. The molecule has 42 heavy (non-hydrogen) atoms. The SMILES string of the molecule is CC(C)(C)[C@H]1CCc2c(sc(N=Cc3ccc(OCc4cccc(C(=O)O)c4)cc3)c2C(=O)Nc2ccc(Cl)cc2)C1. The number of carboxylic acid groups (broad SMARTS) is 1. The summed E-state index contributed by atoms with van der Waals surface area (Å²) in [6.07, 6.45) is 4.62. The van der Waals surface area contributed by atoms with Crippen LogP contribution in [0.1, 0.15) is 69.5 Å². The van der Waals surface area contributed by atoms with Crippen molar-refractivity contribution in [1.82, 2.24) is 0 Å². The molecule has 1 aromatic heterocycles. The van der Waals surface area contributed by atoms with Gasteiger partial charge in [-0.1, -0.05) is 44.5 Å². The highest BCUT2D eigenvalue weighted by Crippen LogP contribution is 2.45. The third-order valence-electron chi connectivity index (χ3n) is 7.59. The van der Waals surface area contributed by atoms with E-state index in [4.69, 9.17) is 21.3 Å². The Balaban J connectivity index is 1.34. The Labute approximate surface area is 255 Å². The van der Waals surface area contributed by atoms with Crippen molar-refractivity contribution in [2.24, 2.45) is 16.3 Å². The molecule has 3 aromatic carbocycles. The van der Waals surface area contributed by atoms with Crippen LogP contribution < -0.4 is 10.1 Å². The van der Waals surface area contributed by atoms with Crippen LogP contribution in [-0.2, 0) is 19.4 Å². The average molecular weight is 601 g/mol. The van der Waals surface area contributed by atoms with Crippen LogP contribution in [-0.4, -0.2) is 23.2 Å². The van der Waals surface area contributed by atoms with Crippen molar-refractivity contribution < 1.29 is 19.4 Å². The fourth-order valence-electron chi connectivity index (χ4n) is 5.11. The second-order valence-corrected chi connectivity index (χ2v) is 13.1. The van der Waals surface area contributed by atoms with E-state index < -0.39 is 5.97 Å². The lowest BCUT2D eigenvalue weighted by molar-refractivity contribution is 0.0696. The van der Waals surface area contributed by atoms with Crippen LogP contribution in [0.4, 0.5) is 10.7 Å². The van der Waals surface area contributed by atoms with E-state index in [2.05, 4.69) is 26.1 Å². The molecule has 0 spiro atoms. The first-order valence-electron chi connectivity index (χ1n) is 13.9. The molecule has 0 saturated carbocycles. The summed E-state index contributed by atoms with van der Waals surface area (Å²) in [5, 5.41) is 13.5. The molecule has 1 heterocycles. The molecule has 1 aliphatic rings. The zero-order valence-corrected chi connectivity index (χ0v) is 25.4. The van der Waals surface area contributed by atoms with Gasteiger partial charge in [-0.2, -0.15) is 0 Å². The minimum atomic E-state index is -0.966. The standard InChI is InChI=1S/C34H33ClN2O4S/c1-34(2,3)24-9-16-28-29(18-24)42-32(30(28)31(38)37-26-12-10-25(35)11-13-26)36-19-21-7-14-27(15-8-21)41-20-22-5-4-6-23(17-22)33(39)40/h4-8,10-15,17,19,24H,9,16,18,20H2,1-3H3,(H,37,38)(H,39,40)/t24-/m0/s1. The molecular formula is C34H33ClN2O4S.